The summed E-state index contributed by atoms with van der Waals surface area (Å²) in [6.07, 6.45) is 1.19. The Bertz CT molecular complexity index is 922. The maximum absolute atomic E-state index is 12.2. The van der Waals surface area contributed by atoms with Crippen molar-refractivity contribution in [3.8, 4) is 0 Å². The summed E-state index contributed by atoms with van der Waals surface area (Å²) in [6, 6.07) is 8.43. The second kappa shape index (κ2) is 7.32. The number of imide groups is 1. The minimum Gasteiger partial charge on any atom is -0.461 e. The van der Waals surface area contributed by atoms with Gasteiger partial charge in [-0.3, -0.25) is 14.5 Å². The standard InChI is InChI=1S/C18H17N3O5/c1-2-26-18(25)14-7-6-11-12(19-14)4-3-5-13(11)20-15-10-16(23)21(8-9-22)17(15)24/h3-7,10,20,22H,2,8-9H2,1H3. The smallest absolute Gasteiger partial charge is 0.356 e. The van der Waals surface area contributed by atoms with Gasteiger partial charge in [-0.1, -0.05) is 6.07 Å². The summed E-state index contributed by atoms with van der Waals surface area (Å²) >= 11 is 0. The van der Waals surface area contributed by atoms with Crippen molar-refractivity contribution in [3.63, 3.8) is 0 Å². The SMILES string of the molecule is CCOC(=O)c1ccc2c(NC3=CC(=O)N(CCO)C3=O)cccc2n1. The quantitative estimate of drug-likeness (QED) is 0.589. The number of anilines is 1. The number of nitrogens with one attached hydrogen (secondary N) is 1. The van der Waals surface area contributed by atoms with Gasteiger partial charge >= 0.3 is 5.97 Å². The van der Waals surface area contributed by atoms with Gasteiger partial charge in [0.2, 0.25) is 0 Å². The van der Waals surface area contributed by atoms with Crippen LogP contribution < -0.4 is 5.32 Å². The Kier molecular flexibility index (Phi) is 4.94. The maximum Gasteiger partial charge on any atom is 0.356 e. The first-order valence-corrected chi connectivity index (χ1v) is 8.07. The van der Waals surface area contributed by atoms with E-state index in [0.29, 0.717) is 16.6 Å². The number of ether oxygens (including phenoxy) is 1. The number of aliphatic hydroxyl groups excluding tert-OH is 1. The third kappa shape index (κ3) is 3.27. The van der Waals surface area contributed by atoms with E-state index in [2.05, 4.69) is 10.3 Å². The molecule has 2 heterocycles. The molecule has 1 aromatic heterocycles. The number of amides is 2. The Morgan fingerprint density at radius 1 is 1.27 bits per heavy atom. The molecule has 134 valence electrons. The Balaban J connectivity index is 1.90. The van der Waals surface area contributed by atoms with Crippen molar-refractivity contribution in [2.45, 2.75) is 6.92 Å². The summed E-state index contributed by atoms with van der Waals surface area (Å²) in [5, 5.41) is 12.6. The van der Waals surface area contributed by atoms with Gasteiger partial charge in [-0.25, -0.2) is 9.78 Å². The number of pyridine rings is 1. The third-order valence-corrected chi connectivity index (χ3v) is 3.82. The molecule has 0 bridgehead atoms. The molecular formula is C18H17N3O5. The molecule has 0 radical (unpaired) electrons. The van der Waals surface area contributed by atoms with Crippen LogP contribution in [0, 0.1) is 0 Å². The summed E-state index contributed by atoms with van der Waals surface area (Å²) in [4.78, 5) is 41.1. The summed E-state index contributed by atoms with van der Waals surface area (Å²) in [6.45, 7) is 1.62. The number of fused-ring (bicyclic) bond motifs is 1. The Labute approximate surface area is 149 Å². The number of hydrogen-bond donors (Lipinski definition) is 2. The lowest BCUT2D eigenvalue weighted by molar-refractivity contribution is -0.137. The van der Waals surface area contributed by atoms with Gasteiger partial charge in [-0.15, -0.1) is 0 Å². The van der Waals surface area contributed by atoms with E-state index in [-0.39, 0.29) is 31.1 Å². The molecule has 0 fully saturated rings. The second-order valence-electron chi connectivity index (χ2n) is 5.49. The molecule has 2 aromatic rings. The van der Waals surface area contributed by atoms with Crippen molar-refractivity contribution in [2.24, 2.45) is 0 Å². The molecule has 1 aliphatic rings. The molecule has 0 saturated heterocycles. The lowest BCUT2D eigenvalue weighted by Gasteiger charge is -2.14. The van der Waals surface area contributed by atoms with E-state index in [1.807, 2.05) is 0 Å². The van der Waals surface area contributed by atoms with E-state index in [4.69, 9.17) is 9.84 Å². The van der Waals surface area contributed by atoms with Crippen LogP contribution in [0.25, 0.3) is 10.9 Å². The molecule has 0 saturated carbocycles. The second-order valence-corrected chi connectivity index (χ2v) is 5.49. The zero-order valence-electron chi connectivity index (χ0n) is 14.1. The molecule has 3 rings (SSSR count). The van der Waals surface area contributed by atoms with Gasteiger partial charge in [-0.2, -0.15) is 0 Å². The predicted molar refractivity (Wildman–Crippen MR) is 93.2 cm³/mol. The zero-order chi connectivity index (χ0) is 18.7. The first-order valence-electron chi connectivity index (χ1n) is 8.07. The molecule has 1 aromatic carbocycles. The lowest BCUT2D eigenvalue weighted by atomic mass is 10.1. The number of aromatic nitrogens is 1. The van der Waals surface area contributed by atoms with Gasteiger partial charge in [0.1, 0.15) is 11.4 Å². The summed E-state index contributed by atoms with van der Waals surface area (Å²) in [5.41, 5.74) is 1.43. The Morgan fingerprint density at radius 2 is 2.08 bits per heavy atom. The highest BCUT2D eigenvalue weighted by atomic mass is 16.5. The fourth-order valence-electron chi connectivity index (χ4n) is 2.64. The number of rotatable bonds is 6. The zero-order valence-corrected chi connectivity index (χ0v) is 14.1. The Hall–Kier alpha value is -3.26. The number of aliphatic hydroxyl groups is 1. The molecule has 1 aliphatic heterocycles. The lowest BCUT2D eigenvalue weighted by Crippen LogP contribution is -2.34. The first kappa shape index (κ1) is 17.6. The number of nitrogens with zero attached hydrogens (tertiary/aromatic N) is 2. The fraction of sp³-hybridized carbons (Fsp3) is 0.222. The van der Waals surface area contributed by atoms with Crippen molar-refractivity contribution < 1.29 is 24.2 Å². The van der Waals surface area contributed by atoms with Crippen LogP contribution >= 0.6 is 0 Å². The van der Waals surface area contributed by atoms with E-state index in [1.165, 1.54) is 6.08 Å². The van der Waals surface area contributed by atoms with Crippen LogP contribution in [0.2, 0.25) is 0 Å². The minimum atomic E-state index is -0.508. The summed E-state index contributed by atoms with van der Waals surface area (Å²) in [5.74, 6) is -1.49. The van der Waals surface area contributed by atoms with Crippen molar-refractivity contribution in [3.05, 3.63) is 47.8 Å². The highest BCUT2D eigenvalue weighted by molar-refractivity contribution is 6.18. The average molecular weight is 355 g/mol. The van der Waals surface area contributed by atoms with E-state index in [9.17, 15) is 14.4 Å². The van der Waals surface area contributed by atoms with Gasteiger partial charge in [0.05, 0.1) is 25.3 Å². The van der Waals surface area contributed by atoms with E-state index in [0.717, 1.165) is 4.90 Å². The molecule has 0 aliphatic carbocycles. The average Bonchev–Trinajstić information content (AvgIpc) is 2.89. The van der Waals surface area contributed by atoms with Crippen LogP contribution in [-0.4, -0.2) is 52.5 Å². The van der Waals surface area contributed by atoms with E-state index < -0.39 is 17.8 Å². The fourth-order valence-corrected chi connectivity index (χ4v) is 2.64. The largest absolute Gasteiger partial charge is 0.461 e. The highest BCUT2D eigenvalue weighted by Gasteiger charge is 2.30. The molecule has 26 heavy (non-hydrogen) atoms. The molecule has 0 spiro atoms. The molecule has 8 nitrogen and oxygen atoms in total. The van der Waals surface area contributed by atoms with Crippen LogP contribution in [0.4, 0.5) is 5.69 Å². The number of esters is 1. The molecule has 2 N–H and O–H groups in total. The topological polar surface area (TPSA) is 109 Å². The Morgan fingerprint density at radius 3 is 2.81 bits per heavy atom. The number of β-amino-alcohol motifs (C(OH)–C–C–N with tert-alkyl or cyclic N) is 1. The first-order chi connectivity index (χ1) is 12.5. The van der Waals surface area contributed by atoms with Crippen molar-refractivity contribution >= 4 is 34.4 Å². The molecular weight excluding hydrogens is 338 g/mol. The molecule has 8 heteroatoms. The van der Waals surface area contributed by atoms with Crippen LogP contribution in [0.15, 0.2) is 42.1 Å². The molecule has 0 unspecified atom stereocenters. The van der Waals surface area contributed by atoms with Crippen LogP contribution in [0.3, 0.4) is 0 Å². The van der Waals surface area contributed by atoms with Crippen LogP contribution in [0.1, 0.15) is 17.4 Å². The predicted octanol–water partition coefficient (Wildman–Crippen LogP) is 1.07. The van der Waals surface area contributed by atoms with Crippen molar-refractivity contribution in [1.82, 2.24) is 9.88 Å². The third-order valence-electron chi connectivity index (χ3n) is 3.82. The number of carbonyl (C=O) groups excluding carboxylic acids is 3. The normalized spacial score (nSPS) is 13.9. The van der Waals surface area contributed by atoms with E-state index in [1.54, 1.807) is 37.3 Å². The molecule has 2 amide bonds. The van der Waals surface area contributed by atoms with Gasteiger partial charge in [0.15, 0.2) is 0 Å². The summed E-state index contributed by atoms with van der Waals surface area (Å²) in [7, 11) is 0. The van der Waals surface area contributed by atoms with Gasteiger partial charge in [-0.05, 0) is 31.2 Å². The number of benzene rings is 1. The van der Waals surface area contributed by atoms with E-state index >= 15 is 0 Å². The van der Waals surface area contributed by atoms with Crippen LogP contribution in [0.5, 0.6) is 0 Å². The number of carbonyl (C=O) groups is 3. The number of hydrogen-bond acceptors (Lipinski definition) is 7. The van der Waals surface area contributed by atoms with Gasteiger partial charge in [0, 0.05) is 17.1 Å². The maximum atomic E-state index is 12.2. The van der Waals surface area contributed by atoms with Crippen LogP contribution in [-0.2, 0) is 14.3 Å². The van der Waals surface area contributed by atoms with Gasteiger partial charge < -0.3 is 15.2 Å². The van der Waals surface area contributed by atoms with Crippen molar-refractivity contribution in [1.29, 1.82) is 0 Å². The molecule has 0 atom stereocenters. The van der Waals surface area contributed by atoms with Crippen molar-refractivity contribution in [2.75, 3.05) is 25.1 Å². The minimum absolute atomic E-state index is 0.0562. The highest BCUT2D eigenvalue weighted by Crippen LogP contribution is 2.25. The van der Waals surface area contributed by atoms with Gasteiger partial charge in [0.25, 0.3) is 11.8 Å². The monoisotopic (exact) mass is 355 g/mol. The summed E-state index contributed by atoms with van der Waals surface area (Å²) < 4.78 is 4.94.